The summed E-state index contributed by atoms with van der Waals surface area (Å²) in [5.41, 5.74) is 0. The topological polar surface area (TPSA) is 104 Å². The first-order chi connectivity index (χ1) is 15.4. The van der Waals surface area contributed by atoms with Gasteiger partial charge in [0.05, 0.1) is 19.5 Å². The maximum atomic E-state index is 12.0. The summed E-state index contributed by atoms with van der Waals surface area (Å²) < 4.78 is 0.330. The van der Waals surface area contributed by atoms with E-state index < -0.39 is 18.0 Å². The number of hydrogen-bond donors (Lipinski definition) is 3. The molecule has 3 N–H and O–H groups in total. The molecule has 0 aromatic rings. The normalized spacial score (nSPS) is 19.6. The standard InChI is InChI=1S/C25H46N2O5/c1-2-3-4-5-6-7-8-9-10-11-12-13-14-16-23(28)26-18-15-19-27(20-17-24(29)30)21-22(27)25(31)32/h22H,2-21H2,1H3,(H2-,26,28,29,30,31,32)/p+1. The maximum absolute atomic E-state index is 12.0. The average molecular weight is 456 g/mol. The van der Waals surface area contributed by atoms with Gasteiger partial charge in [0, 0.05) is 19.4 Å². The van der Waals surface area contributed by atoms with Crippen LogP contribution in [0, 0.1) is 0 Å². The summed E-state index contributed by atoms with van der Waals surface area (Å²) in [5.74, 6) is -1.70. The van der Waals surface area contributed by atoms with Crippen molar-refractivity contribution in [3.05, 3.63) is 0 Å². The molecule has 2 unspecified atom stereocenters. The Kier molecular flexibility index (Phi) is 15.0. The summed E-state index contributed by atoms with van der Waals surface area (Å²) >= 11 is 0. The minimum atomic E-state index is -0.898. The summed E-state index contributed by atoms with van der Waals surface area (Å²) in [7, 11) is 0. The number of carbonyl (C=O) groups excluding carboxylic acids is 1. The lowest BCUT2D eigenvalue weighted by atomic mass is 10.0. The van der Waals surface area contributed by atoms with Crippen LogP contribution in [0.4, 0.5) is 0 Å². The molecule has 7 nitrogen and oxygen atoms in total. The van der Waals surface area contributed by atoms with Crippen LogP contribution in [0.2, 0.25) is 0 Å². The van der Waals surface area contributed by atoms with Crippen LogP contribution in [0.1, 0.15) is 110 Å². The number of rotatable bonds is 22. The van der Waals surface area contributed by atoms with Crippen LogP contribution in [0.5, 0.6) is 0 Å². The number of nitrogens with one attached hydrogen (secondary N) is 1. The lowest BCUT2D eigenvalue weighted by Crippen LogP contribution is -2.37. The van der Waals surface area contributed by atoms with E-state index in [2.05, 4.69) is 12.2 Å². The lowest BCUT2D eigenvalue weighted by Gasteiger charge is -2.19. The molecular weight excluding hydrogens is 408 g/mol. The van der Waals surface area contributed by atoms with E-state index in [-0.39, 0.29) is 12.3 Å². The van der Waals surface area contributed by atoms with Crippen LogP contribution in [0.15, 0.2) is 0 Å². The number of aliphatic carboxylic acids is 2. The van der Waals surface area contributed by atoms with Gasteiger partial charge in [-0.15, -0.1) is 0 Å². The van der Waals surface area contributed by atoms with Crippen LogP contribution in [-0.2, 0) is 14.4 Å². The van der Waals surface area contributed by atoms with E-state index in [9.17, 15) is 19.5 Å². The van der Waals surface area contributed by atoms with Crippen LogP contribution in [0.25, 0.3) is 0 Å². The summed E-state index contributed by atoms with van der Waals surface area (Å²) in [5, 5.41) is 21.0. The summed E-state index contributed by atoms with van der Waals surface area (Å²) in [4.78, 5) is 34.0. The molecule has 0 aromatic heterocycles. The largest absolute Gasteiger partial charge is 0.481 e. The fraction of sp³-hybridized carbons (Fsp3) is 0.880. The molecule has 32 heavy (non-hydrogen) atoms. The molecule has 0 spiro atoms. The number of carboxylic acid groups (broad SMARTS) is 2. The van der Waals surface area contributed by atoms with Crippen LogP contribution in [0.3, 0.4) is 0 Å². The first kappa shape index (κ1) is 28.4. The fourth-order valence-electron chi connectivity index (χ4n) is 4.55. The molecule has 1 amide bonds. The van der Waals surface area contributed by atoms with Crippen molar-refractivity contribution in [3.8, 4) is 0 Å². The van der Waals surface area contributed by atoms with Gasteiger partial charge < -0.3 is 20.0 Å². The predicted octanol–water partition coefficient (Wildman–Crippen LogP) is 4.73. The van der Waals surface area contributed by atoms with Crippen molar-refractivity contribution < 1.29 is 29.1 Å². The SMILES string of the molecule is CCCCCCCCCCCCCCCC(=O)NCCC[N+]1(CCC(=O)O)CC1C(=O)O. The second kappa shape index (κ2) is 16.9. The van der Waals surface area contributed by atoms with E-state index in [1.165, 1.54) is 70.6 Å². The van der Waals surface area contributed by atoms with E-state index in [0.717, 1.165) is 12.8 Å². The van der Waals surface area contributed by atoms with Crippen molar-refractivity contribution in [2.45, 2.75) is 116 Å². The molecule has 186 valence electrons. The van der Waals surface area contributed by atoms with Gasteiger partial charge in [-0.3, -0.25) is 9.59 Å². The molecule has 1 rings (SSSR count). The first-order valence-corrected chi connectivity index (χ1v) is 13.0. The van der Waals surface area contributed by atoms with Gasteiger partial charge in [0.2, 0.25) is 11.9 Å². The Morgan fingerprint density at radius 2 is 1.28 bits per heavy atom. The Labute approximate surface area is 194 Å². The van der Waals surface area contributed by atoms with Crippen molar-refractivity contribution in [1.82, 2.24) is 5.32 Å². The fourth-order valence-corrected chi connectivity index (χ4v) is 4.55. The number of amides is 1. The predicted molar refractivity (Wildman–Crippen MR) is 126 cm³/mol. The molecule has 0 aromatic carbocycles. The van der Waals surface area contributed by atoms with E-state index in [4.69, 9.17) is 5.11 Å². The van der Waals surface area contributed by atoms with Crippen molar-refractivity contribution in [3.63, 3.8) is 0 Å². The number of nitrogens with zero attached hydrogens (tertiary/aromatic N) is 1. The number of quaternary nitrogens is 1. The van der Waals surface area contributed by atoms with Gasteiger partial charge >= 0.3 is 11.9 Å². The van der Waals surface area contributed by atoms with Crippen molar-refractivity contribution in [2.24, 2.45) is 0 Å². The average Bonchev–Trinajstić information content (AvgIpc) is 3.48. The molecule has 1 fully saturated rings. The minimum absolute atomic E-state index is 0.0187. The monoisotopic (exact) mass is 455 g/mol. The molecule has 0 radical (unpaired) electrons. The second-order valence-electron chi connectivity index (χ2n) is 9.54. The highest BCUT2D eigenvalue weighted by molar-refractivity contribution is 5.75. The third kappa shape index (κ3) is 13.0. The molecule has 0 saturated carbocycles. The second-order valence-corrected chi connectivity index (χ2v) is 9.54. The molecule has 1 saturated heterocycles. The molecule has 0 aliphatic carbocycles. The van der Waals surface area contributed by atoms with Gasteiger partial charge in [0.25, 0.3) is 0 Å². The maximum Gasteiger partial charge on any atom is 0.368 e. The highest BCUT2D eigenvalue weighted by Gasteiger charge is 2.59. The van der Waals surface area contributed by atoms with Gasteiger partial charge in [0.15, 0.2) is 0 Å². The Balaban J connectivity index is 1.94. The van der Waals surface area contributed by atoms with Crippen molar-refractivity contribution >= 4 is 17.8 Å². The third-order valence-corrected chi connectivity index (χ3v) is 6.73. The number of hydrogen-bond acceptors (Lipinski definition) is 3. The zero-order valence-electron chi connectivity index (χ0n) is 20.3. The summed E-state index contributed by atoms with van der Waals surface area (Å²) in [6.45, 7) is 4.22. The highest BCUT2D eigenvalue weighted by Crippen LogP contribution is 2.32. The Morgan fingerprint density at radius 1 is 0.750 bits per heavy atom. The molecular formula is C25H47N2O5+. The van der Waals surface area contributed by atoms with Crippen LogP contribution < -0.4 is 5.32 Å². The van der Waals surface area contributed by atoms with Gasteiger partial charge in [-0.25, -0.2) is 4.79 Å². The van der Waals surface area contributed by atoms with Crippen LogP contribution >= 0.6 is 0 Å². The van der Waals surface area contributed by atoms with Gasteiger partial charge in [-0.1, -0.05) is 84.0 Å². The molecule has 1 aliphatic heterocycles. The van der Waals surface area contributed by atoms with Crippen LogP contribution in [-0.4, -0.2) is 64.8 Å². The minimum Gasteiger partial charge on any atom is -0.481 e. The van der Waals surface area contributed by atoms with Gasteiger partial charge in [-0.2, -0.15) is 0 Å². The van der Waals surface area contributed by atoms with Crippen molar-refractivity contribution in [1.29, 1.82) is 0 Å². The molecule has 1 aliphatic rings. The Bertz CT molecular complexity index is 554. The summed E-state index contributed by atoms with van der Waals surface area (Å²) in [6.07, 6.45) is 17.9. The Morgan fingerprint density at radius 3 is 1.75 bits per heavy atom. The number of carbonyl (C=O) groups is 3. The van der Waals surface area contributed by atoms with Crippen molar-refractivity contribution in [2.75, 3.05) is 26.2 Å². The van der Waals surface area contributed by atoms with Gasteiger partial charge in [-0.05, 0) is 6.42 Å². The molecule has 7 heteroatoms. The zero-order valence-corrected chi connectivity index (χ0v) is 20.3. The van der Waals surface area contributed by atoms with E-state index in [0.29, 0.717) is 43.5 Å². The molecule has 0 bridgehead atoms. The first-order valence-electron chi connectivity index (χ1n) is 13.0. The van der Waals surface area contributed by atoms with E-state index >= 15 is 0 Å². The highest BCUT2D eigenvalue weighted by atomic mass is 16.4. The summed E-state index contributed by atoms with van der Waals surface area (Å²) in [6, 6.07) is -0.490. The quantitative estimate of drug-likeness (QED) is 0.124. The van der Waals surface area contributed by atoms with E-state index in [1.807, 2.05) is 0 Å². The smallest absolute Gasteiger partial charge is 0.368 e. The zero-order chi connectivity index (χ0) is 23.7. The number of unbranched alkanes of at least 4 members (excludes halogenated alkanes) is 12. The lowest BCUT2D eigenvalue weighted by molar-refractivity contribution is -0.808. The molecule has 2 atom stereocenters. The third-order valence-electron chi connectivity index (χ3n) is 6.73. The molecule has 1 heterocycles. The Hall–Kier alpha value is -1.63. The van der Waals surface area contributed by atoms with Gasteiger partial charge in [0.1, 0.15) is 6.54 Å². The number of carboxylic acids is 2. The van der Waals surface area contributed by atoms with E-state index in [1.54, 1.807) is 0 Å².